The number of para-hydroxylation sites is 1. The number of benzene rings is 2. The van der Waals surface area contributed by atoms with E-state index >= 15 is 0 Å². The van der Waals surface area contributed by atoms with E-state index in [4.69, 9.17) is 14.0 Å². The lowest BCUT2D eigenvalue weighted by molar-refractivity contribution is -0.274. The second-order valence-electron chi connectivity index (χ2n) is 10.9. The molecule has 2 aromatic carbocycles. The zero-order chi connectivity index (χ0) is 29.2. The van der Waals surface area contributed by atoms with Crippen LogP contribution in [0.5, 0.6) is 5.75 Å². The molecule has 1 aliphatic heterocycles. The largest absolute Gasteiger partial charge is 0.573 e. The Morgan fingerprint density at radius 1 is 1.19 bits per heavy atom. The molecular weight excluding hydrogens is 578 g/mol. The van der Waals surface area contributed by atoms with Gasteiger partial charge in [0.05, 0.1) is 30.1 Å². The first kappa shape index (κ1) is 27.1. The quantitative estimate of drug-likeness (QED) is 0.160. The van der Waals surface area contributed by atoms with Crippen LogP contribution in [0.15, 0.2) is 40.9 Å². The summed E-state index contributed by atoms with van der Waals surface area (Å²) >= 11 is 1.33. The summed E-state index contributed by atoms with van der Waals surface area (Å²) in [7, 11) is 1.25. The van der Waals surface area contributed by atoms with Crippen LogP contribution in [0.3, 0.4) is 0 Å². The fraction of sp³-hybridized carbons (Fsp3) is 0.414. The Kier molecular flexibility index (Phi) is 6.61. The molecule has 3 heterocycles. The van der Waals surface area contributed by atoms with Crippen molar-refractivity contribution in [3.05, 3.63) is 59.1 Å². The van der Waals surface area contributed by atoms with Crippen molar-refractivity contribution < 1.29 is 41.1 Å². The van der Waals surface area contributed by atoms with Crippen molar-refractivity contribution in [2.45, 2.75) is 56.7 Å². The maximum Gasteiger partial charge on any atom is 0.573 e. The molecule has 0 unspecified atom stereocenters. The van der Waals surface area contributed by atoms with E-state index in [1.165, 1.54) is 36.6 Å². The van der Waals surface area contributed by atoms with E-state index < -0.39 is 18.1 Å². The molecule has 3 aliphatic rings. The highest BCUT2D eigenvalue weighted by molar-refractivity contribution is 7.22. The number of hydrogen-bond donors (Lipinski definition) is 0. The summed E-state index contributed by atoms with van der Waals surface area (Å²) < 4.78 is 75.6. The summed E-state index contributed by atoms with van der Waals surface area (Å²) in [5.41, 5.74) is 1.50. The Morgan fingerprint density at radius 2 is 2.00 bits per heavy atom. The van der Waals surface area contributed by atoms with E-state index in [0.29, 0.717) is 33.4 Å². The van der Waals surface area contributed by atoms with Crippen LogP contribution in [0.25, 0.3) is 21.5 Å². The summed E-state index contributed by atoms with van der Waals surface area (Å²) in [6.07, 6.45) is -1.46. The lowest BCUT2D eigenvalue weighted by Crippen LogP contribution is -2.38. The minimum Gasteiger partial charge on any atom is -0.465 e. The first-order valence-electron chi connectivity index (χ1n) is 13.6. The van der Waals surface area contributed by atoms with E-state index in [1.807, 2.05) is 0 Å². The number of rotatable bonds is 8. The number of esters is 1. The first-order valence-corrected chi connectivity index (χ1v) is 14.4. The molecule has 0 radical (unpaired) electrons. The normalized spacial score (nSPS) is 21.8. The maximum atomic E-state index is 14.7. The van der Waals surface area contributed by atoms with E-state index in [2.05, 4.69) is 19.8 Å². The Labute approximate surface area is 241 Å². The Bertz CT molecular complexity index is 1670. The molecule has 42 heavy (non-hydrogen) atoms. The average molecular weight is 604 g/mol. The standard InChI is InChI=1S/C29H25F4N3O5S/c1-38-27(37)15-9-20(30)25-23(10-15)42-28(34-25)36-12-16-8-17(36)11-22(16)39-13-19-24(35-41-26(19)14-6-7-14)18-4-2-3-5-21(18)40-29(31,32)33/h2-5,9-10,14,16-17,22H,6-8,11-13H2,1H3/t16-,17-,22+/m0/s1. The van der Waals surface area contributed by atoms with E-state index in [9.17, 15) is 22.4 Å². The third kappa shape index (κ3) is 4.98. The van der Waals surface area contributed by atoms with Crippen molar-refractivity contribution in [3.63, 3.8) is 0 Å². The van der Waals surface area contributed by atoms with Gasteiger partial charge in [0.1, 0.15) is 22.7 Å². The first-order chi connectivity index (χ1) is 20.2. The van der Waals surface area contributed by atoms with Crippen LogP contribution in [-0.4, -0.2) is 48.3 Å². The van der Waals surface area contributed by atoms with Crippen LogP contribution in [0.1, 0.15) is 53.3 Å². The zero-order valence-corrected chi connectivity index (χ0v) is 23.1. The van der Waals surface area contributed by atoms with Gasteiger partial charge in [0.15, 0.2) is 10.9 Å². The minimum absolute atomic E-state index is 0.0697. The number of thiazole rings is 1. The molecule has 2 aromatic heterocycles. The number of piperidine rings is 1. The summed E-state index contributed by atoms with van der Waals surface area (Å²) in [5, 5.41) is 4.85. The monoisotopic (exact) mass is 603 g/mol. The highest BCUT2D eigenvalue weighted by atomic mass is 32.1. The lowest BCUT2D eigenvalue weighted by Gasteiger charge is -2.31. The third-order valence-corrected chi connectivity index (χ3v) is 9.20. The molecule has 0 N–H and O–H groups in total. The number of ether oxygens (including phenoxy) is 3. The van der Waals surface area contributed by atoms with Gasteiger partial charge in [-0.3, -0.25) is 0 Å². The van der Waals surface area contributed by atoms with Gasteiger partial charge in [0.2, 0.25) is 0 Å². The van der Waals surface area contributed by atoms with Crippen molar-refractivity contribution >= 4 is 32.7 Å². The summed E-state index contributed by atoms with van der Waals surface area (Å²) in [6, 6.07) is 8.77. The predicted molar refractivity (Wildman–Crippen MR) is 144 cm³/mol. The van der Waals surface area contributed by atoms with E-state index in [1.54, 1.807) is 12.1 Å². The molecule has 0 amide bonds. The highest BCUT2D eigenvalue weighted by Gasteiger charge is 2.47. The minimum atomic E-state index is -4.84. The van der Waals surface area contributed by atoms with Gasteiger partial charge in [0.25, 0.3) is 0 Å². The van der Waals surface area contributed by atoms with E-state index in [0.717, 1.165) is 31.7 Å². The van der Waals surface area contributed by atoms with Crippen LogP contribution >= 0.6 is 11.3 Å². The van der Waals surface area contributed by atoms with Crippen LogP contribution in [-0.2, 0) is 16.1 Å². The molecule has 220 valence electrons. The fourth-order valence-electron chi connectivity index (χ4n) is 6.09. The van der Waals surface area contributed by atoms with Gasteiger partial charge in [0, 0.05) is 35.5 Å². The molecule has 4 aromatic rings. The van der Waals surface area contributed by atoms with Gasteiger partial charge >= 0.3 is 12.3 Å². The smallest absolute Gasteiger partial charge is 0.465 e. The van der Waals surface area contributed by atoms with Gasteiger partial charge in [-0.15, -0.1) is 13.2 Å². The van der Waals surface area contributed by atoms with Crippen LogP contribution in [0, 0.1) is 11.7 Å². The number of fused-ring (bicyclic) bond motifs is 3. The topological polar surface area (TPSA) is 86.9 Å². The SMILES string of the molecule is COC(=O)c1cc(F)c2nc(N3C[C@@H]4C[C@H]3C[C@H]4OCc3c(-c4ccccc4OC(F)(F)F)noc3C3CC3)sc2c1. The zero-order valence-electron chi connectivity index (χ0n) is 22.3. The lowest BCUT2D eigenvalue weighted by atomic mass is 10.0. The molecule has 8 nitrogen and oxygen atoms in total. The molecule has 2 saturated carbocycles. The molecule has 3 fully saturated rings. The van der Waals surface area contributed by atoms with E-state index in [-0.39, 0.29) is 53.0 Å². The fourth-order valence-corrected chi connectivity index (χ4v) is 7.19. The number of anilines is 1. The van der Waals surface area contributed by atoms with Gasteiger partial charge < -0.3 is 23.6 Å². The summed E-state index contributed by atoms with van der Waals surface area (Å²) in [6.45, 7) is 0.830. The summed E-state index contributed by atoms with van der Waals surface area (Å²) in [4.78, 5) is 18.6. The predicted octanol–water partition coefficient (Wildman–Crippen LogP) is 6.84. The maximum absolute atomic E-state index is 14.7. The van der Waals surface area contributed by atoms with Gasteiger partial charge in [-0.2, -0.15) is 0 Å². The number of carbonyl (C=O) groups excluding carboxylic acids is 1. The molecule has 0 spiro atoms. The molecule has 13 heteroatoms. The van der Waals surface area contributed by atoms with Crippen molar-refractivity contribution in [3.8, 4) is 17.0 Å². The number of nitrogens with zero attached hydrogens (tertiary/aromatic N) is 3. The molecule has 1 saturated heterocycles. The molecule has 2 aliphatic carbocycles. The molecule has 3 atom stereocenters. The van der Waals surface area contributed by atoms with Crippen molar-refractivity contribution in [1.29, 1.82) is 0 Å². The van der Waals surface area contributed by atoms with Gasteiger partial charge in [-0.05, 0) is 49.9 Å². The Hall–Kier alpha value is -3.71. The highest BCUT2D eigenvalue weighted by Crippen LogP contribution is 2.48. The Morgan fingerprint density at radius 3 is 2.71 bits per heavy atom. The second kappa shape index (κ2) is 10.2. The van der Waals surface area contributed by atoms with Crippen LogP contribution in [0.4, 0.5) is 22.7 Å². The summed E-state index contributed by atoms with van der Waals surface area (Å²) in [5.74, 6) is -0.494. The van der Waals surface area contributed by atoms with Gasteiger partial charge in [-0.25, -0.2) is 14.2 Å². The second-order valence-corrected chi connectivity index (χ2v) is 11.9. The van der Waals surface area contributed by atoms with Crippen molar-refractivity contribution in [2.75, 3.05) is 18.6 Å². The molecular formula is C29H25F4N3O5S. The van der Waals surface area contributed by atoms with Crippen LogP contribution < -0.4 is 9.64 Å². The number of hydrogen-bond acceptors (Lipinski definition) is 9. The molecule has 2 bridgehead atoms. The number of methoxy groups -OCH3 is 1. The Balaban J connectivity index is 1.08. The van der Waals surface area contributed by atoms with Crippen LogP contribution in [0.2, 0.25) is 0 Å². The number of alkyl halides is 3. The van der Waals surface area contributed by atoms with Gasteiger partial charge in [-0.1, -0.05) is 28.6 Å². The number of carbonyl (C=O) groups is 1. The van der Waals surface area contributed by atoms with Crippen molar-refractivity contribution in [1.82, 2.24) is 10.1 Å². The average Bonchev–Trinajstić information content (AvgIpc) is 3.29. The third-order valence-electron chi connectivity index (χ3n) is 8.16. The number of halogens is 4. The number of aromatic nitrogens is 2. The van der Waals surface area contributed by atoms with Crippen molar-refractivity contribution in [2.24, 2.45) is 5.92 Å². The molecule has 7 rings (SSSR count).